The number of carbonyl (C=O) groups excluding carboxylic acids is 1. The summed E-state index contributed by atoms with van der Waals surface area (Å²) in [5.41, 5.74) is 1.38. The number of unbranched alkanes of at least 4 members (excludes halogenated alkanes) is 8. The summed E-state index contributed by atoms with van der Waals surface area (Å²) in [7, 11) is -0.586. The van der Waals surface area contributed by atoms with E-state index in [1.54, 1.807) is 30.3 Å². The molecule has 0 spiro atoms. The van der Waals surface area contributed by atoms with E-state index in [4.69, 9.17) is 4.74 Å². The van der Waals surface area contributed by atoms with Crippen LogP contribution in [0.1, 0.15) is 108 Å². The largest absolute Gasteiger partial charge is 0.494 e. The molecule has 0 aliphatic rings. The Hall–Kier alpha value is -2.74. The van der Waals surface area contributed by atoms with Gasteiger partial charge >= 0.3 is 0 Å². The van der Waals surface area contributed by atoms with Crippen LogP contribution in [0, 0.1) is 5.92 Å². The number of ether oxygens (including phenoxy) is 1. The SMILES string of the molecule is CCCCCCCCC(CCCCCC)CNC(=O)c1ccccc1S(=O)(=O)Nc1ccc(N(C)CC)cc1OC. The predicted octanol–water partition coefficient (Wildman–Crippen LogP) is 8.02. The Kier molecular flexibility index (Phi) is 15.7. The predicted molar refractivity (Wildman–Crippen MR) is 172 cm³/mol. The molecule has 0 bridgehead atoms. The van der Waals surface area contributed by atoms with Crippen LogP contribution in [0.5, 0.6) is 5.75 Å². The van der Waals surface area contributed by atoms with Crippen molar-refractivity contribution in [1.82, 2.24) is 5.32 Å². The number of sulfonamides is 1. The van der Waals surface area contributed by atoms with Crippen LogP contribution in [0.15, 0.2) is 47.4 Å². The van der Waals surface area contributed by atoms with Gasteiger partial charge in [-0.05, 0) is 49.9 Å². The molecule has 41 heavy (non-hydrogen) atoms. The number of carbonyl (C=O) groups is 1. The van der Waals surface area contributed by atoms with E-state index in [0.29, 0.717) is 23.9 Å². The van der Waals surface area contributed by atoms with Crippen molar-refractivity contribution in [3.05, 3.63) is 48.0 Å². The third kappa shape index (κ3) is 11.6. The van der Waals surface area contributed by atoms with Gasteiger partial charge in [-0.1, -0.05) is 90.2 Å². The summed E-state index contributed by atoms with van der Waals surface area (Å²) in [6, 6.07) is 11.7. The number of nitrogens with one attached hydrogen (secondary N) is 2. The maximum absolute atomic E-state index is 13.5. The second kappa shape index (κ2) is 18.6. The van der Waals surface area contributed by atoms with Crippen molar-refractivity contribution < 1.29 is 17.9 Å². The van der Waals surface area contributed by atoms with Gasteiger partial charge in [0.15, 0.2) is 0 Å². The smallest absolute Gasteiger partial charge is 0.262 e. The molecule has 2 aromatic carbocycles. The number of hydrogen-bond donors (Lipinski definition) is 2. The molecular formula is C33H53N3O4S. The highest BCUT2D eigenvalue weighted by Crippen LogP contribution is 2.32. The van der Waals surface area contributed by atoms with Gasteiger partial charge in [0, 0.05) is 31.9 Å². The molecule has 1 atom stereocenters. The van der Waals surface area contributed by atoms with Crippen LogP contribution < -0.4 is 19.7 Å². The molecule has 1 unspecified atom stereocenters. The van der Waals surface area contributed by atoms with E-state index in [1.165, 1.54) is 71.0 Å². The van der Waals surface area contributed by atoms with Gasteiger partial charge in [0.25, 0.3) is 15.9 Å². The van der Waals surface area contributed by atoms with Crippen LogP contribution in [0.4, 0.5) is 11.4 Å². The maximum Gasteiger partial charge on any atom is 0.262 e. The van der Waals surface area contributed by atoms with E-state index < -0.39 is 10.0 Å². The Balaban J connectivity index is 2.12. The highest BCUT2D eigenvalue weighted by atomic mass is 32.2. The Morgan fingerprint density at radius 2 is 1.49 bits per heavy atom. The van der Waals surface area contributed by atoms with Crippen molar-refractivity contribution in [2.45, 2.75) is 103 Å². The van der Waals surface area contributed by atoms with E-state index >= 15 is 0 Å². The summed E-state index contributed by atoms with van der Waals surface area (Å²) < 4.78 is 35.1. The van der Waals surface area contributed by atoms with E-state index in [0.717, 1.165) is 31.5 Å². The van der Waals surface area contributed by atoms with Crippen molar-refractivity contribution in [1.29, 1.82) is 0 Å². The first kappa shape index (κ1) is 34.5. The first-order chi connectivity index (χ1) is 19.8. The average molecular weight is 588 g/mol. The third-order valence-electron chi connectivity index (χ3n) is 7.75. The summed E-state index contributed by atoms with van der Waals surface area (Å²) >= 11 is 0. The van der Waals surface area contributed by atoms with Crippen molar-refractivity contribution in [2.75, 3.05) is 36.9 Å². The van der Waals surface area contributed by atoms with Gasteiger partial charge in [0.05, 0.1) is 18.4 Å². The molecule has 0 saturated carbocycles. The molecule has 230 valence electrons. The molecule has 2 rings (SSSR count). The molecule has 0 aromatic heterocycles. The number of rotatable bonds is 21. The molecule has 7 nitrogen and oxygen atoms in total. The zero-order valence-corrected chi connectivity index (χ0v) is 26.8. The lowest BCUT2D eigenvalue weighted by Gasteiger charge is -2.20. The lowest BCUT2D eigenvalue weighted by molar-refractivity contribution is 0.0941. The fourth-order valence-corrected chi connectivity index (χ4v) is 6.30. The number of nitrogens with zero attached hydrogens (tertiary/aromatic N) is 1. The van der Waals surface area contributed by atoms with Crippen molar-refractivity contribution in [3.63, 3.8) is 0 Å². The Bertz CT molecular complexity index is 1150. The molecule has 0 saturated heterocycles. The molecule has 0 fully saturated rings. The normalized spacial score (nSPS) is 12.1. The Morgan fingerprint density at radius 3 is 2.12 bits per heavy atom. The summed E-state index contributed by atoms with van der Waals surface area (Å²) in [5.74, 6) is 0.446. The second-order valence-corrected chi connectivity index (χ2v) is 12.6. The van der Waals surface area contributed by atoms with Crippen molar-refractivity contribution >= 4 is 27.3 Å². The lowest BCUT2D eigenvalue weighted by atomic mass is 9.94. The number of benzene rings is 2. The van der Waals surface area contributed by atoms with Gasteiger partial charge in [-0.3, -0.25) is 9.52 Å². The molecule has 8 heteroatoms. The summed E-state index contributed by atoms with van der Waals surface area (Å²) in [6.45, 7) is 7.84. The van der Waals surface area contributed by atoms with Gasteiger partial charge in [0.2, 0.25) is 0 Å². The molecule has 0 radical (unpaired) electrons. The van der Waals surface area contributed by atoms with Crippen molar-refractivity contribution in [3.8, 4) is 5.75 Å². The van der Waals surface area contributed by atoms with Crippen LogP contribution >= 0.6 is 0 Å². The fraction of sp³-hybridized carbons (Fsp3) is 0.606. The topological polar surface area (TPSA) is 87.7 Å². The van der Waals surface area contributed by atoms with Gasteiger partial charge < -0.3 is 15.0 Å². The molecule has 1 amide bonds. The highest BCUT2D eigenvalue weighted by Gasteiger charge is 2.24. The molecule has 2 N–H and O–H groups in total. The van der Waals surface area contributed by atoms with Crippen LogP contribution in [0.25, 0.3) is 0 Å². The van der Waals surface area contributed by atoms with Crippen LogP contribution in [-0.4, -0.2) is 41.6 Å². The number of amides is 1. The molecule has 2 aromatic rings. The third-order valence-corrected chi connectivity index (χ3v) is 9.17. The van der Waals surface area contributed by atoms with Crippen LogP contribution in [0.2, 0.25) is 0 Å². The van der Waals surface area contributed by atoms with Gasteiger partial charge in [-0.25, -0.2) is 8.42 Å². The van der Waals surface area contributed by atoms with Gasteiger partial charge in [0.1, 0.15) is 10.6 Å². The zero-order valence-electron chi connectivity index (χ0n) is 26.0. The molecule has 0 heterocycles. The zero-order chi connectivity index (χ0) is 30.1. The standard InChI is InChI=1S/C33H53N3O4S/c1-6-9-11-13-14-16-20-27(19-15-12-10-7-2)26-34-33(37)29-21-17-18-22-32(29)41(38,39)35-30-24-23-28(36(4)8-3)25-31(30)40-5/h17-18,21-25,27,35H,6-16,19-20,26H2,1-5H3,(H,34,37). The second-order valence-electron chi connectivity index (χ2n) is 11.0. The summed E-state index contributed by atoms with van der Waals surface area (Å²) in [4.78, 5) is 15.3. The minimum absolute atomic E-state index is 0.0512. The maximum atomic E-state index is 13.5. The Morgan fingerprint density at radius 1 is 0.878 bits per heavy atom. The highest BCUT2D eigenvalue weighted by molar-refractivity contribution is 7.92. The summed E-state index contributed by atoms with van der Waals surface area (Å²) in [5, 5.41) is 3.07. The molecular weight excluding hydrogens is 534 g/mol. The minimum Gasteiger partial charge on any atom is -0.494 e. The van der Waals surface area contributed by atoms with E-state index in [-0.39, 0.29) is 16.4 Å². The van der Waals surface area contributed by atoms with Crippen LogP contribution in [-0.2, 0) is 10.0 Å². The number of hydrogen-bond acceptors (Lipinski definition) is 5. The quantitative estimate of drug-likeness (QED) is 0.144. The molecule has 0 aliphatic heterocycles. The number of anilines is 2. The fourth-order valence-electron chi connectivity index (χ4n) is 5.03. The van der Waals surface area contributed by atoms with Gasteiger partial charge in [-0.2, -0.15) is 0 Å². The molecule has 0 aliphatic carbocycles. The van der Waals surface area contributed by atoms with Crippen LogP contribution in [0.3, 0.4) is 0 Å². The average Bonchev–Trinajstić information content (AvgIpc) is 2.98. The first-order valence-electron chi connectivity index (χ1n) is 15.6. The van der Waals surface area contributed by atoms with E-state index in [1.807, 2.05) is 24.9 Å². The minimum atomic E-state index is -4.05. The van der Waals surface area contributed by atoms with E-state index in [9.17, 15) is 13.2 Å². The van der Waals surface area contributed by atoms with Gasteiger partial charge in [-0.15, -0.1) is 0 Å². The monoisotopic (exact) mass is 587 g/mol. The Labute approximate surface area is 249 Å². The first-order valence-corrected chi connectivity index (χ1v) is 17.0. The number of methoxy groups -OCH3 is 1. The summed E-state index contributed by atoms with van der Waals surface area (Å²) in [6.07, 6.45) is 14.5. The van der Waals surface area contributed by atoms with E-state index in [2.05, 4.69) is 23.9 Å². The van der Waals surface area contributed by atoms with Crippen molar-refractivity contribution in [2.24, 2.45) is 5.92 Å². The lowest BCUT2D eigenvalue weighted by Crippen LogP contribution is -2.31.